The first-order valence-electron chi connectivity index (χ1n) is 7.77. The highest BCUT2D eigenvalue weighted by molar-refractivity contribution is 6.30. The SMILES string of the molecule is Cc1cc(Cl)ccc1Nc1cncc(C(=O)NCc2ccncc2)c1. The molecule has 0 saturated carbocycles. The summed E-state index contributed by atoms with van der Waals surface area (Å²) in [5.74, 6) is -0.180. The van der Waals surface area contributed by atoms with Gasteiger partial charge in [0.15, 0.2) is 0 Å². The van der Waals surface area contributed by atoms with Crippen LogP contribution in [0.25, 0.3) is 0 Å². The number of hydrogen-bond acceptors (Lipinski definition) is 4. The fraction of sp³-hybridized carbons (Fsp3) is 0.105. The van der Waals surface area contributed by atoms with Crippen molar-refractivity contribution in [1.82, 2.24) is 15.3 Å². The van der Waals surface area contributed by atoms with E-state index < -0.39 is 0 Å². The second kappa shape index (κ2) is 7.77. The fourth-order valence-corrected chi connectivity index (χ4v) is 2.57. The summed E-state index contributed by atoms with van der Waals surface area (Å²) >= 11 is 5.98. The van der Waals surface area contributed by atoms with Crippen LogP contribution in [0.2, 0.25) is 5.02 Å². The van der Waals surface area contributed by atoms with E-state index in [4.69, 9.17) is 11.6 Å². The number of carbonyl (C=O) groups is 1. The number of amides is 1. The first-order valence-corrected chi connectivity index (χ1v) is 8.15. The molecule has 0 unspecified atom stereocenters. The van der Waals surface area contributed by atoms with Crippen molar-refractivity contribution in [2.75, 3.05) is 5.32 Å². The van der Waals surface area contributed by atoms with Crippen LogP contribution in [0.4, 0.5) is 11.4 Å². The second-order valence-electron chi connectivity index (χ2n) is 5.58. The van der Waals surface area contributed by atoms with Gasteiger partial charge in [-0.2, -0.15) is 0 Å². The minimum Gasteiger partial charge on any atom is -0.354 e. The molecule has 25 heavy (non-hydrogen) atoms. The summed E-state index contributed by atoms with van der Waals surface area (Å²) in [4.78, 5) is 20.4. The van der Waals surface area contributed by atoms with E-state index in [0.717, 1.165) is 22.5 Å². The summed E-state index contributed by atoms with van der Waals surface area (Å²) in [6, 6.07) is 11.1. The van der Waals surface area contributed by atoms with Gasteiger partial charge < -0.3 is 10.6 Å². The maximum absolute atomic E-state index is 12.3. The van der Waals surface area contributed by atoms with E-state index in [1.165, 1.54) is 0 Å². The number of pyridine rings is 2. The Morgan fingerprint density at radius 3 is 2.64 bits per heavy atom. The van der Waals surface area contributed by atoms with Crippen molar-refractivity contribution in [3.63, 3.8) is 0 Å². The maximum atomic E-state index is 12.3. The van der Waals surface area contributed by atoms with E-state index in [0.29, 0.717) is 17.1 Å². The molecule has 3 aromatic rings. The van der Waals surface area contributed by atoms with Crippen molar-refractivity contribution >= 4 is 28.9 Å². The molecule has 1 aromatic carbocycles. The summed E-state index contributed by atoms with van der Waals surface area (Å²) in [5, 5.41) is 6.82. The van der Waals surface area contributed by atoms with Crippen LogP contribution in [-0.4, -0.2) is 15.9 Å². The Balaban J connectivity index is 1.69. The second-order valence-corrected chi connectivity index (χ2v) is 6.02. The summed E-state index contributed by atoms with van der Waals surface area (Å²) < 4.78 is 0. The topological polar surface area (TPSA) is 66.9 Å². The third-order valence-corrected chi connectivity index (χ3v) is 3.91. The molecule has 0 saturated heterocycles. The molecular formula is C19H17ClN4O. The normalized spacial score (nSPS) is 10.3. The minimum atomic E-state index is -0.180. The Morgan fingerprint density at radius 1 is 1.08 bits per heavy atom. The largest absolute Gasteiger partial charge is 0.354 e. The molecule has 3 rings (SSSR count). The van der Waals surface area contributed by atoms with Crippen molar-refractivity contribution in [3.8, 4) is 0 Å². The number of aryl methyl sites for hydroxylation is 1. The number of halogens is 1. The number of hydrogen-bond donors (Lipinski definition) is 2. The van der Waals surface area contributed by atoms with Crippen LogP contribution in [0.15, 0.2) is 61.2 Å². The Morgan fingerprint density at radius 2 is 1.88 bits per heavy atom. The first kappa shape index (κ1) is 16.9. The van der Waals surface area contributed by atoms with E-state index >= 15 is 0 Å². The van der Waals surface area contributed by atoms with Crippen LogP contribution < -0.4 is 10.6 Å². The van der Waals surface area contributed by atoms with Crippen LogP contribution in [0.1, 0.15) is 21.5 Å². The standard InChI is InChI=1S/C19H17ClN4O/c1-13-8-16(20)2-3-18(13)24-17-9-15(11-22-12-17)19(25)23-10-14-4-6-21-7-5-14/h2-9,11-12,24H,10H2,1H3,(H,23,25). The molecule has 0 bridgehead atoms. The van der Waals surface area contributed by atoms with Gasteiger partial charge in [-0.3, -0.25) is 14.8 Å². The smallest absolute Gasteiger partial charge is 0.253 e. The molecule has 2 heterocycles. The highest BCUT2D eigenvalue weighted by Crippen LogP contribution is 2.23. The molecule has 2 aromatic heterocycles. The van der Waals surface area contributed by atoms with E-state index in [2.05, 4.69) is 20.6 Å². The zero-order valence-electron chi connectivity index (χ0n) is 13.7. The van der Waals surface area contributed by atoms with E-state index in [1.54, 1.807) is 30.9 Å². The van der Waals surface area contributed by atoms with Gasteiger partial charge in [-0.1, -0.05) is 11.6 Å². The van der Waals surface area contributed by atoms with Crippen molar-refractivity contribution in [3.05, 3.63) is 82.9 Å². The van der Waals surface area contributed by atoms with Crippen LogP contribution in [0.3, 0.4) is 0 Å². The Bertz CT molecular complexity index is 884. The molecule has 126 valence electrons. The molecule has 0 spiro atoms. The Kier molecular flexibility index (Phi) is 5.26. The third kappa shape index (κ3) is 4.55. The van der Waals surface area contributed by atoms with Gasteiger partial charge >= 0.3 is 0 Å². The number of carbonyl (C=O) groups excluding carboxylic acids is 1. The van der Waals surface area contributed by atoms with Crippen LogP contribution in [0.5, 0.6) is 0 Å². The molecule has 0 aliphatic rings. The molecule has 6 heteroatoms. The average molecular weight is 353 g/mol. The quantitative estimate of drug-likeness (QED) is 0.725. The predicted octanol–water partition coefficient (Wildman–Crippen LogP) is 4.11. The summed E-state index contributed by atoms with van der Waals surface area (Å²) in [6.07, 6.45) is 6.61. The summed E-state index contributed by atoms with van der Waals surface area (Å²) in [6.45, 7) is 2.40. The molecule has 0 aliphatic carbocycles. The van der Waals surface area contributed by atoms with Gasteiger partial charge in [-0.15, -0.1) is 0 Å². The molecule has 0 atom stereocenters. The number of nitrogens with zero attached hydrogens (tertiary/aromatic N) is 2. The van der Waals surface area contributed by atoms with Crippen molar-refractivity contribution in [1.29, 1.82) is 0 Å². The minimum absolute atomic E-state index is 0.180. The number of benzene rings is 1. The van der Waals surface area contributed by atoms with Gasteiger partial charge in [0.05, 0.1) is 17.4 Å². The number of aromatic nitrogens is 2. The fourth-order valence-electron chi connectivity index (χ4n) is 2.34. The lowest BCUT2D eigenvalue weighted by Gasteiger charge is -2.11. The zero-order valence-corrected chi connectivity index (χ0v) is 14.4. The molecule has 1 amide bonds. The third-order valence-electron chi connectivity index (χ3n) is 3.67. The molecule has 0 radical (unpaired) electrons. The van der Waals surface area contributed by atoms with Gasteiger partial charge in [0.1, 0.15) is 0 Å². The van der Waals surface area contributed by atoms with E-state index in [9.17, 15) is 4.79 Å². The van der Waals surface area contributed by atoms with Gasteiger partial charge in [0, 0.05) is 35.8 Å². The highest BCUT2D eigenvalue weighted by Gasteiger charge is 2.08. The van der Waals surface area contributed by atoms with Crippen LogP contribution in [0, 0.1) is 6.92 Å². The molecule has 2 N–H and O–H groups in total. The lowest BCUT2D eigenvalue weighted by molar-refractivity contribution is 0.0950. The number of nitrogens with one attached hydrogen (secondary N) is 2. The lowest BCUT2D eigenvalue weighted by atomic mass is 10.2. The van der Waals surface area contributed by atoms with Gasteiger partial charge in [-0.05, 0) is 54.4 Å². The first-order chi connectivity index (χ1) is 12.1. The van der Waals surface area contributed by atoms with E-state index in [-0.39, 0.29) is 5.91 Å². The maximum Gasteiger partial charge on any atom is 0.253 e. The van der Waals surface area contributed by atoms with E-state index in [1.807, 2.05) is 37.3 Å². The van der Waals surface area contributed by atoms with Gasteiger partial charge in [-0.25, -0.2) is 0 Å². The monoisotopic (exact) mass is 352 g/mol. The van der Waals surface area contributed by atoms with Gasteiger partial charge in [0.25, 0.3) is 5.91 Å². The van der Waals surface area contributed by atoms with Crippen LogP contribution in [-0.2, 0) is 6.54 Å². The molecule has 0 aliphatic heterocycles. The number of rotatable bonds is 5. The molecule has 5 nitrogen and oxygen atoms in total. The van der Waals surface area contributed by atoms with Crippen molar-refractivity contribution in [2.45, 2.75) is 13.5 Å². The predicted molar refractivity (Wildman–Crippen MR) is 99.1 cm³/mol. The lowest BCUT2D eigenvalue weighted by Crippen LogP contribution is -2.23. The molecule has 0 fully saturated rings. The van der Waals surface area contributed by atoms with Crippen molar-refractivity contribution < 1.29 is 4.79 Å². The van der Waals surface area contributed by atoms with Gasteiger partial charge in [0.2, 0.25) is 0 Å². The highest BCUT2D eigenvalue weighted by atomic mass is 35.5. The number of anilines is 2. The molecular weight excluding hydrogens is 336 g/mol. The Labute approximate surface area is 151 Å². The summed E-state index contributed by atoms with van der Waals surface area (Å²) in [5.41, 5.74) is 4.15. The average Bonchev–Trinajstić information content (AvgIpc) is 2.63. The van der Waals surface area contributed by atoms with Crippen molar-refractivity contribution in [2.24, 2.45) is 0 Å². The van der Waals surface area contributed by atoms with Crippen LogP contribution >= 0.6 is 11.6 Å². The Hall–Kier alpha value is -2.92. The summed E-state index contributed by atoms with van der Waals surface area (Å²) in [7, 11) is 0. The zero-order chi connectivity index (χ0) is 17.6.